The largest absolute Gasteiger partial charge is 0.301 e. The van der Waals surface area contributed by atoms with Crippen LogP contribution in [-0.2, 0) is 9.84 Å². The maximum atomic E-state index is 11.6. The molecule has 0 radical (unpaired) electrons. The molecule has 1 aromatic rings. The van der Waals surface area contributed by atoms with E-state index >= 15 is 0 Å². The molecule has 2 aliphatic rings. The molecular weight excluding hydrogens is 340 g/mol. The predicted molar refractivity (Wildman–Crippen MR) is 101 cm³/mol. The molecule has 0 amide bonds. The zero-order chi connectivity index (χ0) is 17.2. The topological polar surface area (TPSA) is 58.2 Å². The van der Waals surface area contributed by atoms with Gasteiger partial charge in [0, 0.05) is 24.1 Å². The molecule has 2 saturated heterocycles. The van der Waals surface area contributed by atoms with Gasteiger partial charge in [0.1, 0.15) is 0 Å². The van der Waals surface area contributed by atoms with Crippen molar-refractivity contribution in [1.82, 2.24) is 10.6 Å². The van der Waals surface area contributed by atoms with Gasteiger partial charge in [-0.1, -0.05) is 19.1 Å². The van der Waals surface area contributed by atoms with E-state index in [9.17, 15) is 8.42 Å². The molecule has 4 atom stereocenters. The lowest BCUT2D eigenvalue weighted by molar-refractivity contribution is 0.281. The lowest BCUT2D eigenvalue weighted by Gasteiger charge is -2.33. The Hall–Kier alpha value is -0.560. The molecule has 2 fully saturated rings. The maximum Gasteiger partial charge on any atom is 0.175 e. The number of piperidine rings is 1. The van der Waals surface area contributed by atoms with Gasteiger partial charge < -0.3 is 5.32 Å². The van der Waals surface area contributed by atoms with Gasteiger partial charge in [0.2, 0.25) is 0 Å². The SMILES string of the molecule is CC1CCSC1CNC1CCCC(c2ccc(S(C)(=O)=O)cc2)N1. The Labute approximate surface area is 150 Å². The second-order valence-corrected chi connectivity index (χ2v) is 10.5. The molecular formula is C18H28N2O2S2. The van der Waals surface area contributed by atoms with Crippen LogP contribution in [0.2, 0.25) is 0 Å². The van der Waals surface area contributed by atoms with Crippen LogP contribution in [0, 0.1) is 5.92 Å². The summed E-state index contributed by atoms with van der Waals surface area (Å²) in [5, 5.41) is 8.14. The minimum absolute atomic E-state index is 0.304. The first kappa shape index (κ1) is 18.2. The van der Waals surface area contributed by atoms with Gasteiger partial charge in [0.25, 0.3) is 0 Å². The first-order valence-electron chi connectivity index (χ1n) is 8.84. The number of hydrogen-bond acceptors (Lipinski definition) is 5. The zero-order valence-electron chi connectivity index (χ0n) is 14.5. The summed E-state index contributed by atoms with van der Waals surface area (Å²) in [4.78, 5) is 0.393. The molecule has 0 saturated carbocycles. The van der Waals surface area contributed by atoms with Crippen molar-refractivity contribution in [3.63, 3.8) is 0 Å². The Kier molecular flexibility index (Phi) is 5.90. The second kappa shape index (κ2) is 7.77. The molecule has 0 aromatic heterocycles. The summed E-state index contributed by atoms with van der Waals surface area (Å²) in [5.74, 6) is 2.10. The predicted octanol–water partition coefficient (Wildman–Crippen LogP) is 2.96. The number of rotatable bonds is 5. The third-order valence-corrected chi connectivity index (χ3v) is 7.86. The quantitative estimate of drug-likeness (QED) is 0.837. The highest BCUT2D eigenvalue weighted by Gasteiger charge is 2.27. The number of nitrogens with one attached hydrogen (secondary N) is 2. The highest BCUT2D eigenvalue weighted by molar-refractivity contribution is 8.00. The smallest absolute Gasteiger partial charge is 0.175 e. The molecule has 6 heteroatoms. The number of sulfone groups is 1. The van der Waals surface area contributed by atoms with E-state index in [4.69, 9.17) is 0 Å². The van der Waals surface area contributed by atoms with E-state index in [1.165, 1.54) is 30.4 Å². The van der Waals surface area contributed by atoms with Crippen LogP contribution in [0.25, 0.3) is 0 Å². The highest BCUT2D eigenvalue weighted by atomic mass is 32.2. The van der Waals surface area contributed by atoms with Gasteiger partial charge in [-0.2, -0.15) is 11.8 Å². The lowest BCUT2D eigenvalue weighted by Crippen LogP contribution is -2.48. The third kappa shape index (κ3) is 4.54. The van der Waals surface area contributed by atoms with Crippen LogP contribution in [0.1, 0.15) is 44.2 Å². The fourth-order valence-electron chi connectivity index (χ4n) is 3.58. The van der Waals surface area contributed by atoms with Crippen LogP contribution in [0.3, 0.4) is 0 Å². The van der Waals surface area contributed by atoms with Crippen molar-refractivity contribution < 1.29 is 8.42 Å². The van der Waals surface area contributed by atoms with Crippen molar-refractivity contribution in [2.75, 3.05) is 18.6 Å². The monoisotopic (exact) mass is 368 g/mol. The molecule has 2 aliphatic heterocycles. The Morgan fingerprint density at radius 1 is 1.21 bits per heavy atom. The normalized spacial score (nSPS) is 31.2. The lowest BCUT2D eigenvalue weighted by atomic mass is 9.96. The minimum atomic E-state index is -3.12. The molecule has 0 spiro atoms. The number of benzene rings is 1. The number of thioether (sulfide) groups is 1. The zero-order valence-corrected chi connectivity index (χ0v) is 16.1. The van der Waals surface area contributed by atoms with Gasteiger partial charge >= 0.3 is 0 Å². The molecule has 4 nitrogen and oxygen atoms in total. The third-order valence-electron chi connectivity index (χ3n) is 5.20. The fraction of sp³-hybridized carbons (Fsp3) is 0.667. The Morgan fingerprint density at radius 3 is 2.58 bits per heavy atom. The van der Waals surface area contributed by atoms with Crippen molar-refractivity contribution in [1.29, 1.82) is 0 Å². The van der Waals surface area contributed by atoms with Crippen LogP contribution in [0.4, 0.5) is 0 Å². The summed E-state index contributed by atoms with van der Waals surface area (Å²) in [6, 6.07) is 7.65. The van der Waals surface area contributed by atoms with Gasteiger partial charge in [-0.3, -0.25) is 5.32 Å². The van der Waals surface area contributed by atoms with Crippen molar-refractivity contribution >= 4 is 21.6 Å². The van der Waals surface area contributed by atoms with Crippen LogP contribution >= 0.6 is 11.8 Å². The molecule has 4 unspecified atom stereocenters. The van der Waals surface area contributed by atoms with E-state index in [0.29, 0.717) is 17.1 Å². The average Bonchev–Trinajstić information content (AvgIpc) is 2.98. The summed E-state index contributed by atoms with van der Waals surface area (Å²) >= 11 is 2.09. The molecule has 134 valence electrons. The molecule has 24 heavy (non-hydrogen) atoms. The van der Waals surface area contributed by atoms with E-state index in [0.717, 1.165) is 30.6 Å². The van der Waals surface area contributed by atoms with E-state index in [2.05, 4.69) is 29.3 Å². The second-order valence-electron chi connectivity index (χ2n) is 7.13. The first-order valence-corrected chi connectivity index (χ1v) is 11.8. The summed E-state index contributed by atoms with van der Waals surface area (Å²) in [5.41, 5.74) is 1.18. The van der Waals surface area contributed by atoms with Gasteiger partial charge in [-0.15, -0.1) is 0 Å². The van der Waals surface area contributed by atoms with E-state index < -0.39 is 9.84 Å². The van der Waals surface area contributed by atoms with Crippen molar-refractivity contribution in [3.8, 4) is 0 Å². The van der Waals surface area contributed by atoms with E-state index in [1.54, 1.807) is 12.1 Å². The van der Waals surface area contributed by atoms with Crippen LogP contribution in [-0.4, -0.2) is 38.4 Å². The standard InChI is InChI=1S/C18H28N2O2S2/c1-13-10-11-23-17(13)12-19-18-5-3-4-16(20-18)14-6-8-15(9-7-14)24(2,21)22/h6-9,13,16-20H,3-5,10-12H2,1-2H3. The summed E-state index contributed by atoms with van der Waals surface area (Å²) in [7, 11) is -3.12. The van der Waals surface area contributed by atoms with Crippen molar-refractivity contribution in [2.45, 2.75) is 55.0 Å². The Bertz CT molecular complexity index is 645. The van der Waals surface area contributed by atoms with Crippen molar-refractivity contribution in [2.24, 2.45) is 5.92 Å². The van der Waals surface area contributed by atoms with Crippen molar-refractivity contribution in [3.05, 3.63) is 29.8 Å². The Morgan fingerprint density at radius 2 is 1.96 bits per heavy atom. The molecule has 0 aliphatic carbocycles. The van der Waals surface area contributed by atoms with Gasteiger partial charge in [0.15, 0.2) is 9.84 Å². The maximum absolute atomic E-state index is 11.6. The Balaban J connectivity index is 1.57. The van der Waals surface area contributed by atoms with E-state index in [1.807, 2.05) is 12.1 Å². The van der Waals surface area contributed by atoms with E-state index in [-0.39, 0.29) is 0 Å². The highest BCUT2D eigenvalue weighted by Crippen LogP contribution is 2.31. The number of hydrogen-bond donors (Lipinski definition) is 2. The molecule has 3 rings (SSSR count). The van der Waals surface area contributed by atoms with Gasteiger partial charge in [-0.05, 0) is 55.1 Å². The van der Waals surface area contributed by atoms with Crippen LogP contribution < -0.4 is 10.6 Å². The minimum Gasteiger partial charge on any atom is -0.301 e. The summed E-state index contributed by atoms with van der Waals surface area (Å²) < 4.78 is 23.2. The molecule has 2 heterocycles. The summed E-state index contributed by atoms with van der Waals surface area (Å²) in [6.07, 6.45) is 6.39. The van der Waals surface area contributed by atoms with Crippen LogP contribution in [0.15, 0.2) is 29.2 Å². The summed E-state index contributed by atoms with van der Waals surface area (Å²) in [6.45, 7) is 3.43. The fourth-order valence-corrected chi connectivity index (χ4v) is 5.70. The van der Waals surface area contributed by atoms with Gasteiger partial charge in [0.05, 0.1) is 11.1 Å². The van der Waals surface area contributed by atoms with Crippen LogP contribution in [0.5, 0.6) is 0 Å². The molecule has 0 bridgehead atoms. The molecule has 2 N–H and O–H groups in total. The average molecular weight is 369 g/mol. The first-order chi connectivity index (χ1) is 11.4. The molecule has 1 aromatic carbocycles. The van der Waals surface area contributed by atoms with Gasteiger partial charge in [-0.25, -0.2) is 8.42 Å².